The van der Waals surface area contributed by atoms with Gasteiger partial charge in [0, 0.05) is 13.0 Å². The van der Waals surface area contributed by atoms with Gasteiger partial charge in [0.15, 0.2) is 5.96 Å². The van der Waals surface area contributed by atoms with Crippen LogP contribution < -0.4 is 38.9 Å². The van der Waals surface area contributed by atoms with Crippen LogP contribution in [-0.4, -0.2) is 71.4 Å². The summed E-state index contributed by atoms with van der Waals surface area (Å²) in [5.41, 5.74) is 22.8. The Balaban J connectivity index is 3.06. The maximum Gasteiger partial charge on any atom is 0.326 e. The number of hydrogen-bond acceptors (Lipinski definition) is 7. The minimum absolute atomic E-state index is 0.0371. The zero-order valence-corrected chi connectivity index (χ0v) is 23.0. The summed E-state index contributed by atoms with van der Waals surface area (Å²) in [5, 5.41) is 17.0. The molecule has 0 spiro atoms. The molecule has 0 saturated heterocycles. The second-order valence-electron chi connectivity index (χ2n) is 9.90. The first kappa shape index (κ1) is 33.8. The highest BCUT2D eigenvalue weighted by atomic mass is 16.4. The summed E-state index contributed by atoms with van der Waals surface area (Å²) in [7, 11) is 0. The number of guanidine groups is 1. The van der Waals surface area contributed by atoms with E-state index < -0.39 is 53.8 Å². The van der Waals surface area contributed by atoms with E-state index in [1.165, 1.54) is 0 Å². The summed E-state index contributed by atoms with van der Waals surface area (Å²) in [5.74, 6) is -4.24. The van der Waals surface area contributed by atoms with Gasteiger partial charge in [0.05, 0.1) is 6.04 Å². The minimum atomic E-state index is -1.29. The van der Waals surface area contributed by atoms with Crippen molar-refractivity contribution < 1.29 is 29.1 Å². The van der Waals surface area contributed by atoms with E-state index in [0.29, 0.717) is 6.42 Å². The smallest absolute Gasteiger partial charge is 0.326 e. The molecule has 4 atom stereocenters. The standard InChI is InChI=1S/C26H42N8O6/c1-15(2)13-20(25(39)40)34-24(38)19(10-11-21(28)35)33-23(37)18(9-6-12-31-26(29)30)32-22(36)17(27)14-16-7-4-3-5-8-16/h3-5,7-8,15,17-20H,6,9-14,27H2,1-2H3,(H2,28,35)(H,32,36)(H,33,37)(H,34,38)(H,39,40)(H4,29,30,31). The van der Waals surface area contributed by atoms with E-state index in [-0.39, 0.29) is 50.5 Å². The lowest BCUT2D eigenvalue weighted by atomic mass is 10.0. The topological polar surface area (TPSA) is 258 Å². The molecule has 0 radical (unpaired) electrons. The van der Waals surface area contributed by atoms with Crippen LogP contribution in [0, 0.1) is 5.92 Å². The molecule has 222 valence electrons. The number of carbonyl (C=O) groups is 5. The van der Waals surface area contributed by atoms with Gasteiger partial charge in [-0.25, -0.2) is 4.79 Å². The van der Waals surface area contributed by atoms with Gasteiger partial charge in [-0.2, -0.15) is 0 Å². The highest BCUT2D eigenvalue weighted by molar-refractivity contribution is 5.94. The average molecular weight is 563 g/mol. The van der Waals surface area contributed by atoms with Crippen molar-refractivity contribution in [1.29, 1.82) is 0 Å². The fourth-order valence-corrected chi connectivity index (χ4v) is 3.80. The molecule has 1 aromatic carbocycles. The predicted octanol–water partition coefficient (Wildman–Crippen LogP) is -1.54. The summed E-state index contributed by atoms with van der Waals surface area (Å²) in [4.78, 5) is 66.0. The van der Waals surface area contributed by atoms with Crippen LogP contribution in [0.25, 0.3) is 0 Å². The summed E-state index contributed by atoms with van der Waals surface area (Å²) in [6, 6.07) is 4.51. The van der Waals surface area contributed by atoms with Crippen molar-refractivity contribution in [2.45, 2.75) is 76.5 Å². The lowest BCUT2D eigenvalue weighted by Crippen LogP contribution is -2.57. The fourth-order valence-electron chi connectivity index (χ4n) is 3.80. The number of primary amides is 1. The first-order chi connectivity index (χ1) is 18.8. The highest BCUT2D eigenvalue weighted by Gasteiger charge is 2.30. The van der Waals surface area contributed by atoms with Crippen molar-refractivity contribution in [3.63, 3.8) is 0 Å². The Bertz CT molecular complexity index is 1030. The third-order valence-electron chi connectivity index (χ3n) is 5.85. The third-order valence-corrected chi connectivity index (χ3v) is 5.85. The number of nitrogens with one attached hydrogen (secondary N) is 3. The van der Waals surface area contributed by atoms with Crippen LogP contribution in [0.15, 0.2) is 35.3 Å². The van der Waals surface area contributed by atoms with Crippen molar-refractivity contribution in [2.75, 3.05) is 6.54 Å². The van der Waals surface area contributed by atoms with Gasteiger partial charge in [-0.1, -0.05) is 44.2 Å². The largest absolute Gasteiger partial charge is 0.480 e. The monoisotopic (exact) mass is 562 g/mol. The van der Waals surface area contributed by atoms with Gasteiger partial charge in [0.25, 0.3) is 0 Å². The molecule has 40 heavy (non-hydrogen) atoms. The number of carboxylic acids is 1. The van der Waals surface area contributed by atoms with Gasteiger partial charge in [-0.3, -0.25) is 24.2 Å². The molecular formula is C26H42N8O6. The van der Waals surface area contributed by atoms with E-state index in [1.54, 1.807) is 13.8 Å². The SMILES string of the molecule is CC(C)CC(NC(=O)C(CCC(N)=O)NC(=O)C(CCCN=C(N)N)NC(=O)C(N)Cc1ccccc1)C(=O)O. The highest BCUT2D eigenvalue weighted by Crippen LogP contribution is 2.08. The number of carboxylic acid groups (broad SMARTS) is 1. The molecule has 4 amide bonds. The number of nitrogens with zero attached hydrogens (tertiary/aromatic N) is 1. The van der Waals surface area contributed by atoms with Crippen LogP contribution in [0.1, 0.15) is 51.5 Å². The summed E-state index contributed by atoms with van der Waals surface area (Å²) >= 11 is 0. The van der Waals surface area contributed by atoms with Crippen LogP contribution in [-0.2, 0) is 30.4 Å². The molecule has 14 heteroatoms. The van der Waals surface area contributed by atoms with Crippen molar-refractivity contribution in [2.24, 2.45) is 33.8 Å². The molecule has 0 aliphatic carbocycles. The number of aliphatic carboxylic acids is 1. The van der Waals surface area contributed by atoms with E-state index in [0.717, 1.165) is 5.56 Å². The second-order valence-corrected chi connectivity index (χ2v) is 9.90. The van der Waals surface area contributed by atoms with Crippen molar-refractivity contribution in [1.82, 2.24) is 16.0 Å². The van der Waals surface area contributed by atoms with Gasteiger partial charge in [-0.05, 0) is 43.6 Å². The van der Waals surface area contributed by atoms with E-state index in [2.05, 4.69) is 20.9 Å². The van der Waals surface area contributed by atoms with Crippen LogP contribution in [0.4, 0.5) is 0 Å². The molecule has 0 aliphatic heterocycles. The Morgan fingerprint density at radius 2 is 1.40 bits per heavy atom. The molecule has 12 N–H and O–H groups in total. The zero-order valence-electron chi connectivity index (χ0n) is 23.0. The lowest BCUT2D eigenvalue weighted by molar-refractivity contribution is -0.143. The van der Waals surface area contributed by atoms with Crippen molar-refractivity contribution >= 4 is 35.6 Å². The van der Waals surface area contributed by atoms with Crippen LogP contribution >= 0.6 is 0 Å². The number of amides is 4. The number of hydrogen-bond donors (Lipinski definition) is 8. The summed E-state index contributed by atoms with van der Waals surface area (Å²) in [6.45, 7) is 3.78. The molecule has 0 aliphatic rings. The molecule has 1 rings (SSSR count). The Morgan fingerprint density at radius 1 is 0.850 bits per heavy atom. The number of benzene rings is 1. The van der Waals surface area contributed by atoms with E-state index in [1.807, 2.05) is 30.3 Å². The Hall–Kier alpha value is -4.20. The molecule has 4 unspecified atom stereocenters. The normalized spacial score (nSPS) is 13.8. The Morgan fingerprint density at radius 3 is 1.93 bits per heavy atom. The molecular weight excluding hydrogens is 520 g/mol. The second kappa shape index (κ2) is 17.4. The predicted molar refractivity (Wildman–Crippen MR) is 149 cm³/mol. The van der Waals surface area contributed by atoms with Crippen LogP contribution in [0.3, 0.4) is 0 Å². The molecule has 0 bridgehead atoms. The minimum Gasteiger partial charge on any atom is -0.480 e. The van der Waals surface area contributed by atoms with Crippen LogP contribution in [0.5, 0.6) is 0 Å². The van der Waals surface area contributed by atoms with Crippen molar-refractivity contribution in [3.8, 4) is 0 Å². The number of nitrogens with two attached hydrogens (primary N) is 4. The first-order valence-electron chi connectivity index (χ1n) is 13.1. The van der Waals surface area contributed by atoms with Crippen LogP contribution in [0.2, 0.25) is 0 Å². The summed E-state index contributed by atoms with van der Waals surface area (Å²) in [6.07, 6.45) is 0.359. The molecule has 0 saturated carbocycles. The maximum absolute atomic E-state index is 13.3. The zero-order chi connectivity index (χ0) is 30.2. The maximum atomic E-state index is 13.3. The number of rotatable bonds is 18. The fraction of sp³-hybridized carbons (Fsp3) is 0.538. The average Bonchev–Trinajstić information content (AvgIpc) is 2.87. The van der Waals surface area contributed by atoms with Gasteiger partial charge in [-0.15, -0.1) is 0 Å². The quantitative estimate of drug-likeness (QED) is 0.0585. The summed E-state index contributed by atoms with van der Waals surface area (Å²) < 4.78 is 0. The Kier molecular flexibility index (Phi) is 14.7. The van der Waals surface area contributed by atoms with E-state index in [9.17, 15) is 29.1 Å². The first-order valence-corrected chi connectivity index (χ1v) is 13.1. The third kappa shape index (κ3) is 13.6. The van der Waals surface area contributed by atoms with E-state index >= 15 is 0 Å². The van der Waals surface area contributed by atoms with Gasteiger partial charge < -0.3 is 44.0 Å². The molecule has 0 aromatic heterocycles. The Labute approximate surface area is 233 Å². The van der Waals surface area contributed by atoms with Gasteiger partial charge in [0.2, 0.25) is 23.6 Å². The molecule has 0 fully saturated rings. The van der Waals surface area contributed by atoms with Gasteiger partial charge in [0.1, 0.15) is 18.1 Å². The lowest BCUT2D eigenvalue weighted by Gasteiger charge is -2.25. The van der Waals surface area contributed by atoms with E-state index in [4.69, 9.17) is 22.9 Å². The molecule has 1 aromatic rings. The van der Waals surface area contributed by atoms with Crippen molar-refractivity contribution in [3.05, 3.63) is 35.9 Å². The van der Waals surface area contributed by atoms with Gasteiger partial charge >= 0.3 is 5.97 Å². The number of carbonyl (C=O) groups excluding carboxylic acids is 4. The molecule has 14 nitrogen and oxygen atoms in total. The number of aliphatic imine (C=N–C) groups is 1. The molecule has 0 heterocycles.